The van der Waals surface area contributed by atoms with Gasteiger partial charge in [0.2, 0.25) is 5.91 Å². The molecule has 0 bridgehead atoms. The minimum atomic E-state index is -0.734. The van der Waals surface area contributed by atoms with E-state index in [1.54, 1.807) is 29.4 Å². The van der Waals surface area contributed by atoms with Crippen LogP contribution < -0.4 is 0 Å². The molecule has 1 aromatic heterocycles. The van der Waals surface area contributed by atoms with Crippen LogP contribution in [-0.4, -0.2) is 35.0 Å². The number of hydrogen-bond donors (Lipinski definition) is 1. The Bertz CT molecular complexity index is 510. The van der Waals surface area contributed by atoms with Crippen LogP contribution in [0.5, 0.6) is 0 Å². The van der Waals surface area contributed by atoms with Gasteiger partial charge in [-0.05, 0) is 37.5 Å². The Hall–Kier alpha value is -2.04. The van der Waals surface area contributed by atoms with Gasteiger partial charge in [0.25, 0.3) is 0 Å². The topological polar surface area (TPSA) is 70.8 Å². The van der Waals surface area contributed by atoms with Crippen LogP contribution in [0.2, 0.25) is 0 Å². The van der Waals surface area contributed by atoms with E-state index in [0.29, 0.717) is 38.1 Å². The molecule has 1 aromatic rings. The maximum Gasteiger partial charge on any atom is 0.309 e. The molecule has 1 saturated heterocycles. The molecule has 21 heavy (non-hydrogen) atoms. The van der Waals surface area contributed by atoms with Gasteiger partial charge in [-0.2, -0.15) is 0 Å². The quantitative estimate of drug-likeness (QED) is 0.847. The van der Waals surface area contributed by atoms with Gasteiger partial charge in [0.15, 0.2) is 0 Å². The van der Waals surface area contributed by atoms with Gasteiger partial charge >= 0.3 is 5.97 Å². The summed E-state index contributed by atoms with van der Waals surface area (Å²) in [6.45, 7) is 2.98. The van der Waals surface area contributed by atoms with Crippen molar-refractivity contribution in [2.75, 3.05) is 13.1 Å². The molecule has 2 rings (SSSR count). The molecule has 114 valence electrons. The first-order chi connectivity index (χ1) is 10.1. The first-order valence-corrected chi connectivity index (χ1v) is 7.31. The predicted molar refractivity (Wildman–Crippen MR) is 78.5 cm³/mol. The van der Waals surface area contributed by atoms with Gasteiger partial charge in [0.1, 0.15) is 5.76 Å². The van der Waals surface area contributed by atoms with Gasteiger partial charge in [0.05, 0.1) is 11.7 Å². The van der Waals surface area contributed by atoms with Gasteiger partial charge in [0, 0.05) is 19.2 Å². The van der Waals surface area contributed by atoms with Crippen molar-refractivity contribution in [1.29, 1.82) is 0 Å². The minimum absolute atomic E-state index is 0.0955. The molecule has 1 aliphatic heterocycles. The Kier molecular flexibility index (Phi) is 4.83. The van der Waals surface area contributed by atoms with E-state index in [4.69, 9.17) is 4.42 Å². The van der Waals surface area contributed by atoms with Gasteiger partial charge in [-0.15, -0.1) is 0 Å². The number of hydrogen-bond acceptors (Lipinski definition) is 3. The van der Waals surface area contributed by atoms with Crippen molar-refractivity contribution < 1.29 is 19.1 Å². The Labute approximate surface area is 124 Å². The van der Waals surface area contributed by atoms with Gasteiger partial charge in [-0.1, -0.05) is 13.3 Å². The molecule has 1 N–H and O–H groups in total. The van der Waals surface area contributed by atoms with Crippen molar-refractivity contribution in [3.05, 3.63) is 30.2 Å². The number of piperidine rings is 1. The molecule has 1 fully saturated rings. The zero-order valence-electron chi connectivity index (χ0n) is 12.2. The van der Waals surface area contributed by atoms with Crippen molar-refractivity contribution >= 4 is 18.0 Å². The molecule has 0 atom stereocenters. The summed E-state index contributed by atoms with van der Waals surface area (Å²) in [6, 6.07) is 3.54. The minimum Gasteiger partial charge on any atom is -0.481 e. The summed E-state index contributed by atoms with van der Waals surface area (Å²) < 4.78 is 5.13. The highest BCUT2D eigenvalue weighted by Crippen LogP contribution is 2.36. The molecule has 1 amide bonds. The first kappa shape index (κ1) is 15.4. The highest BCUT2D eigenvalue weighted by molar-refractivity contribution is 5.91. The third-order valence-electron chi connectivity index (χ3n) is 4.15. The number of likely N-dealkylation sites (tertiary alicyclic amines) is 1. The lowest BCUT2D eigenvalue weighted by atomic mass is 9.75. The molecule has 0 aromatic carbocycles. The summed E-state index contributed by atoms with van der Waals surface area (Å²) in [5.74, 6) is -0.198. The van der Waals surface area contributed by atoms with Crippen molar-refractivity contribution in [1.82, 2.24) is 4.90 Å². The number of rotatable bonds is 5. The molecule has 5 nitrogen and oxygen atoms in total. The van der Waals surface area contributed by atoms with E-state index in [9.17, 15) is 14.7 Å². The zero-order valence-corrected chi connectivity index (χ0v) is 12.2. The average Bonchev–Trinajstić information content (AvgIpc) is 2.99. The second-order valence-corrected chi connectivity index (χ2v) is 5.51. The second kappa shape index (κ2) is 6.61. The molecule has 5 heteroatoms. The molecule has 2 heterocycles. The molecule has 0 radical (unpaired) electrons. The molecule has 0 spiro atoms. The fraction of sp³-hybridized carbons (Fsp3) is 0.500. The van der Waals surface area contributed by atoms with Crippen LogP contribution in [0, 0.1) is 5.41 Å². The second-order valence-electron chi connectivity index (χ2n) is 5.51. The lowest BCUT2D eigenvalue weighted by molar-refractivity contribution is -0.154. The van der Waals surface area contributed by atoms with Crippen LogP contribution >= 0.6 is 0 Å². The third kappa shape index (κ3) is 3.54. The molecule has 0 saturated carbocycles. The number of carboxylic acid groups (broad SMARTS) is 1. The third-order valence-corrected chi connectivity index (χ3v) is 4.15. The number of carboxylic acids is 1. The molecule has 1 aliphatic rings. The summed E-state index contributed by atoms with van der Waals surface area (Å²) in [7, 11) is 0. The Morgan fingerprint density at radius 3 is 2.67 bits per heavy atom. The maximum absolute atomic E-state index is 12.1. The normalized spacial score (nSPS) is 18.0. The van der Waals surface area contributed by atoms with E-state index >= 15 is 0 Å². The number of nitrogens with zero attached hydrogens (tertiary/aromatic N) is 1. The highest BCUT2D eigenvalue weighted by atomic mass is 16.4. The van der Waals surface area contributed by atoms with Crippen molar-refractivity contribution in [2.24, 2.45) is 5.41 Å². The number of aliphatic carboxylic acids is 1. The number of carbonyl (C=O) groups excluding carboxylic acids is 1. The summed E-state index contributed by atoms with van der Waals surface area (Å²) >= 11 is 0. The highest BCUT2D eigenvalue weighted by Gasteiger charge is 2.41. The monoisotopic (exact) mass is 291 g/mol. The van der Waals surface area contributed by atoms with E-state index in [-0.39, 0.29) is 5.91 Å². The molecular weight excluding hydrogens is 270 g/mol. The van der Waals surface area contributed by atoms with E-state index in [0.717, 1.165) is 6.42 Å². The van der Waals surface area contributed by atoms with Gasteiger partial charge in [-0.3, -0.25) is 9.59 Å². The Balaban J connectivity index is 1.94. The zero-order chi connectivity index (χ0) is 15.3. The van der Waals surface area contributed by atoms with E-state index in [1.807, 2.05) is 6.92 Å². The van der Waals surface area contributed by atoms with Crippen molar-refractivity contribution in [2.45, 2.75) is 32.6 Å². The van der Waals surface area contributed by atoms with E-state index in [2.05, 4.69) is 0 Å². The first-order valence-electron chi connectivity index (χ1n) is 7.31. The molecule has 0 unspecified atom stereocenters. The lowest BCUT2D eigenvalue weighted by Gasteiger charge is -2.38. The van der Waals surface area contributed by atoms with Crippen LogP contribution in [0.1, 0.15) is 38.4 Å². The predicted octanol–water partition coefficient (Wildman–Crippen LogP) is 2.79. The largest absolute Gasteiger partial charge is 0.481 e. The molecular formula is C16H21NO4. The Morgan fingerprint density at radius 2 is 2.14 bits per heavy atom. The van der Waals surface area contributed by atoms with Crippen LogP contribution in [0.25, 0.3) is 6.08 Å². The van der Waals surface area contributed by atoms with Gasteiger partial charge < -0.3 is 14.4 Å². The van der Waals surface area contributed by atoms with Crippen LogP contribution in [0.4, 0.5) is 0 Å². The standard InChI is InChI=1S/C16H21NO4/c1-2-7-16(15(19)20)8-10-17(11-9-16)14(18)6-5-13-4-3-12-21-13/h3-6,12H,2,7-11H2,1H3,(H,19,20). The van der Waals surface area contributed by atoms with Crippen molar-refractivity contribution in [3.8, 4) is 0 Å². The van der Waals surface area contributed by atoms with Gasteiger partial charge in [-0.25, -0.2) is 0 Å². The van der Waals surface area contributed by atoms with E-state index in [1.165, 1.54) is 6.08 Å². The summed E-state index contributed by atoms with van der Waals surface area (Å²) in [5, 5.41) is 9.44. The summed E-state index contributed by atoms with van der Waals surface area (Å²) in [5.41, 5.74) is -0.656. The smallest absolute Gasteiger partial charge is 0.309 e. The van der Waals surface area contributed by atoms with E-state index < -0.39 is 11.4 Å². The number of amides is 1. The van der Waals surface area contributed by atoms with Crippen LogP contribution in [0.3, 0.4) is 0 Å². The summed E-state index contributed by atoms with van der Waals surface area (Å²) in [4.78, 5) is 25.3. The molecule has 0 aliphatic carbocycles. The maximum atomic E-state index is 12.1. The van der Waals surface area contributed by atoms with Crippen LogP contribution in [-0.2, 0) is 9.59 Å². The SMILES string of the molecule is CCCC1(C(=O)O)CCN(C(=O)C=Cc2ccco2)CC1. The average molecular weight is 291 g/mol. The Morgan fingerprint density at radius 1 is 1.43 bits per heavy atom. The number of furan rings is 1. The number of carbonyl (C=O) groups is 2. The fourth-order valence-corrected chi connectivity index (χ4v) is 2.85. The van der Waals surface area contributed by atoms with Crippen LogP contribution in [0.15, 0.2) is 28.9 Å². The summed E-state index contributed by atoms with van der Waals surface area (Å²) in [6.07, 6.45) is 7.23. The fourth-order valence-electron chi connectivity index (χ4n) is 2.85. The lowest BCUT2D eigenvalue weighted by Crippen LogP contribution is -2.46. The van der Waals surface area contributed by atoms with Crippen molar-refractivity contribution in [3.63, 3.8) is 0 Å².